The largest absolute Gasteiger partial charge is 0.494 e. The molecule has 126 valence electrons. The van der Waals surface area contributed by atoms with Gasteiger partial charge in [0, 0.05) is 11.6 Å². The standard InChI is InChI=1S/C17H15Cl2NO4/c1-24-15-13(8-12(18)9-14(15)19)16(21)20-7-6-10-2-4-11(5-3-10)17(22)23/h2-5,8-9H,6-7H2,1H3,(H,20,21)(H,22,23). The summed E-state index contributed by atoms with van der Waals surface area (Å²) >= 11 is 11.9. The zero-order valence-corrected chi connectivity index (χ0v) is 14.3. The smallest absolute Gasteiger partial charge is 0.335 e. The van der Waals surface area contributed by atoms with Crippen molar-refractivity contribution in [2.75, 3.05) is 13.7 Å². The average molecular weight is 368 g/mol. The van der Waals surface area contributed by atoms with Crippen LogP contribution in [0.15, 0.2) is 36.4 Å². The van der Waals surface area contributed by atoms with Gasteiger partial charge in [0.1, 0.15) is 5.75 Å². The number of nitrogens with one attached hydrogen (secondary N) is 1. The summed E-state index contributed by atoms with van der Waals surface area (Å²) < 4.78 is 5.15. The van der Waals surface area contributed by atoms with Crippen molar-refractivity contribution in [1.82, 2.24) is 5.32 Å². The number of carboxylic acid groups (broad SMARTS) is 1. The number of methoxy groups -OCH3 is 1. The first-order chi connectivity index (χ1) is 11.4. The molecule has 24 heavy (non-hydrogen) atoms. The van der Waals surface area contributed by atoms with E-state index in [1.807, 2.05) is 0 Å². The number of carbonyl (C=O) groups excluding carboxylic acids is 1. The van der Waals surface area contributed by atoms with Crippen LogP contribution >= 0.6 is 23.2 Å². The lowest BCUT2D eigenvalue weighted by atomic mass is 10.1. The van der Waals surface area contributed by atoms with Gasteiger partial charge in [0.15, 0.2) is 0 Å². The Morgan fingerprint density at radius 1 is 1.17 bits per heavy atom. The number of hydrogen-bond donors (Lipinski definition) is 2. The lowest BCUT2D eigenvalue weighted by molar-refractivity contribution is 0.0696. The third-order valence-electron chi connectivity index (χ3n) is 3.36. The van der Waals surface area contributed by atoms with Gasteiger partial charge in [0.05, 0.1) is 23.3 Å². The zero-order valence-electron chi connectivity index (χ0n) is 12.8. The van der Waals surface area contributed by atoms with Gasteiger partial charge in [-0.2, -0.15) is 0 Å². The molecule has 0 aliphatic heterocycles. The van der Waals surface area contributed by atoms with Crippen LogP contribution in [0.1, 0.15) is 26.3 Å². The Balaban J connectivity index is 2.00. The number of halogens is 2. The van der Waals surface area contributed by atoms with Crippen LogP contribution in [0.25, 0.3) is 0 Å². The van der Waals surface area contributed by atoms with Gasteiger partial charge in [-0.3, -0.25) is 4.79 Å². The molecule has 2 aromatic carbocycles. The first-order valence-electron chi connectivity index (χ1n) is 7.06. The topological polar surface area (TPSA) is 75.6 Å². The molecule has 2 rings (SSSR count). The Hall–Kier alpha value is -2.24. The van der Waals surface area contributed by atoms with E-state index in [1.165, 1.54) is 31.4 Å². The molecule has 2 aromatic rings. The van der Waals surface area contributed by atoms with E-state index in [-0.39, 0.29) is 27.8 Å². The zero-order chi connectivity index (χ0) is 17.7. The summed E-state index contributed by atoms with van der Waals surface area (Å²) in [5.74, 6) is -1.05. The molecule has 0 saturated heterocycles. The molecule has 2 N–H and O–H groups in total. The van der Waals surface area contributed by atoms with Crippen molar-refractivity contribution >= 4 is 35.1 Å². The first-order valence-corrected chi connectivity index (χ1v) is 7.81. The van der Waals surface area contributed by atoms with Crippen LogP contribution in [-0.4, -0.2) is 30.6 Å². The third-order valence-corrected chi connectivity index (χ3v) is 3.86. The quantitative estimate of drug-likeness (QED) is 0.816. The van der Waals surface area contributed by atoms with E-state index in [4.69, 9.17) is 33.0 Å². The Morgan fingerprint density at radius 2 is 1.83 bits per heavy atom. The second kappa shape index (κ2) is 8.04. The summed E-state index contributed by atoms with van der Waals surface area (Å²) in [7, 11) is 1.43. The van der Waals surface area contributed by atoms with Crippen molar-refractivity contribution in [2.24, 2.45) is 0 Å². The van der Waals surface area contributed by atoms with Crippen molar-refractivity contribution in [3.05, 3.63) is 63.1 Å². The number of amides is 1. The molecule has 5 nitrogen and oxygen atoms in total. The van der Waals surface area contributed by atoms with Crippen LogP contribution < -0.4 is 10.1 Å². The monoisotopic (exact) mass is 367 g/mol. The molecule has 0 saturated carbocycles. The van der Waals surface area contributed by atoms with Crippen LogP contribution in [0, 0.1) is 0 Å². The number of carbonyl (C=O) groups is 2. The molecule has 0 atom stereocenters. The van der Waals surface area contributed by atoms with Gasteiger partial charge in [-0.05, 0) is 36.2 Å². The number of carboxylic acids is 1. The summed E-state index contributed by atoms with van der Waals surface area (Å²) in [4.78, 5) is 23.1. The third kappa shape index (κ3) is 4.40. The number of ether oxygens (including phenoxy) is 1. The Kier molecular flexibility index (Phi) is 6.06. The first kappa shape index (κ1) is 18.1. The van der Waals surface area contributed by atoms with E-state index >= 15 is 0 Å². The van der Waals surface area contributed by atoms with Crippen molar-refractivity contribution in [1.29, 1.82) is 0 Å². The Morgan fingerprint density at radius 3 is 2.42 bits per heavy atom. The fraction of sp³-hybridized carbons (Fsp3) is 0.176. The molecule has 0 radical (unpaired) electrons. The maximum Gasteiger partial charge on any atom is 0.335 e. The lowest BCUT2D eigenvalue weighted by Gasteiger charge is -2.11. The van der Waals surface area contributed by atoms with E-state index in [0.29, 0.717) is 18.0 Å². The van der Waals surface area contributed by atoms with Crippen LogP contribution in [-0.2, 0) is 6.42 Å². The predicted molar refractivity (Wildman–Crippen MR) is 92.5 cm³/mol. The summed E-state index contributed by atoms with van der Waals surface area (Å²) in [6.45, 7) is 0.374. The number of aromatic carboxylic acids is 1. The highest BCUT2D eigenvalue weighted by Gasteiger charge is 2.16. The number of benzene rings is 2. The summed E-state index contributed by atoms with van der Waals surface area (Å²) in [5, 5.41) is 12.2. The van der Waals surface area contributed by atoms with Gasteiger partial charge in [0.25, 0.3) is 5.91 Å². The highest BCUT2D eigenvalue weighted by Crippen LogP contribution is 2.32. The second-order valence-corrected chi connectivity index (χ2v) is 5.82. The fourth-order valence-corrected chi connectivity index (χ4v) is 2.74. The van der Waals surface area contributed by atoms with E-state index in [9.17, 15) is 9.59 Å². The van der Waals surface area contributed by atoms with Crippen molar-refractivity contribution in [2.45, 2.75) is 6.42 Å². The summed E-state index contributed by atoms with van der Waals surface area (Å²) in [6, 6.07) is 9.48. The van der Waals surface area contributed by atoms with Crippen LogP contribution in [0.3, 0.4) is 0 Å². The summed E-state index contributed by atoms with van der Waals surface area (Å²) in [6.07, 6.45) is 0.558. The molecule has 0 aromatic heterocycles. The van der Waals surface area contributed by atoms with Crippen molar-refractivity contribution in [3.8, 4) is 5.75 Å². The molecule has 0 spiro atoms. The van der Waals surface area contributed by atoms with E-state index in [2.05, 4.69) is 5.32 Å². The Labute approximate surface area is 149 Å². The molecular weight excluding hydrogens is 353 g/mol. The molecule has 0 unspecified atom stereocenters. The van der Waals surface area contributed by atoms with Crippen molar-refractivity contribution in [3.63, 3.8) is 0 Å². The minimum atomic E-state index is -0.972. The van der Waals surface area contributed by atoms with Crippen molar-refractivity contribution < 1.29 is 19.4 Å². The Bertz CT molecular complexity index is 760. The van der Waals surface area contributed by atoms with Gasteiger partial charge in [-0.25, -0.2) is 4.79 Å². The van der Waals surface area contributed by atoms with Gasteiger partial charge in [-0.15, -0.1) is 0 Å². The molecule has 7 heteroatoms. The number of rotatable bonds is 6. The minimum absolute atomic E-state index is 0.223. The van der Waals surface area contributed by atoms with Crippen LogP contribution in [0.4, 0.5) is 0 Å². The highest BCUT2D eigenvalue weighted by atomic mass is 35.5. The van der Waals surface area contributed by atoms with E-state index in [1.54, 1.807) is 12.1 Å². The van der Waals surface area contributed by atoms with Gasteiger partial charge >= 0.3 is 5.97 Å². The normalized spacial score (nSPS) is 10.3. The molecule has 0 bridgehead atoms. The predicted octanol–water partition coefficient (Wildman–Crippen LogP) is 3.67. The SMILES string of the molecule is COc1c(Cl)cc(Cl)cc1C(=O)NCCc1ccc(C(=O)O)cc1. The maximum absolute atomic E-state index is 12.3. The van der Waals surface area contributed by atoms with Crippen LogP contribution in [0.5, 0.6) is 5.75 Å². The van der Waals surface area contributed by atoms with Gasteiger partial charge in [-0.1, -0.05) is 35.3 Å². The van der Waals surface area contributed by atoms with E-state index in [0.717, 1.165) is 5.56 Å². The number of hydrogen-bond acceptors (Lipinski definition) is 3. The molecule has 0 aliphatic rings. The van der Waals surface area contributed by atoms with Crippen LogP contribution in [0.2, 0.25) is 10.0 Å². The van der Waals surface area contributed by atoms with E-state index < -0.39 is 5.97 Å². The average Bonchev–Trinajstić information content (AvgIpc) is 2.54. The summed E-state index contributed by atoms with van der Waals surface area (Å²) in [5.41, 5.74) is 1.40. The second-order valence-electron chi connectivity index (χ2n) is 4.98. The maximum atomic E-state index is 12.3. The molecule has 0 fully saturated rings. The molecule has 1 amide bonds. The highest BCUT2D eigenvalue weighted by molar-refractivity contribution is 6.36. The lowest BCUT2D eigenvalue weighted by Crippen LogP contribution is -2.26. The fourth-order valence-electron chi connectivity index (χ4n) is 2.17. The minimum Gasteiger partial charge on any atom is -0.494 e. The van der Waals surface area contributed by atoms with Gasteiger partial charge in [0.2, 0.25) is 0 Å². The molecule has 0 heterocycles. The molecular formula is C17H15Cl2NO4. The molecule has 0 aliphatic carbocycles. The van der Waals surface area contributed by atoms with Gasteiger partial charge < -0.3 is 15.2 Å².